The summed E-state index contributed by atoms with van der Waals surface area (Å²) in [5.41, 5.74) is 1.65. The Morgan fingerprint density at radius 3 is 2.62 bits per heavy atom. The smallest absolute Gasteiger partial charge is 0.0718 e. The van der Waals surface area contributed by atoms with E-state index in [0.29, 0.717) is 6.54 Å². The maximum atomic E-state index is 9.81. The molecule has 0 radical (unpaired) electrons. The van der Waals surface area contributed by atoms with E-state index in [1.165, 1.54) is 5.56 Å². The van der Waals surface area contributed by atoms with Gasteiger partial charge in [0.05, 0.1) is 5.60 Å². The SMILES string of the molecule is CCN(Cc1cccnc1C)CC(C)(C)O. The molecule has 0 unspecified atom stereocenters. The summed E-state index contributed by atoms with van der Waals surface area (Å²) < 4.78 is 0. The predicted molar refractivity (Wildman–Crippen MR) is 66.2 cm³/mol. The molecule has 0 aliphatic heterocycles. The van der Waals surface area contributed by atoms with Crippen LogP contribution in [0.2, 0.25) is 0 Å². The molecule has 3 heteroatoms. The highest BCUT2D eigenvalue weighted by molar-refractivity contribution is 5.18. The highest BCUT2D eigenvalue weighted by atomic mass is 16.3. The van der Waals surface area contributed by atoms with E-state index in [-0.39, 0.29) is 0 Å². The van der Waals surface area contributed by atoms with E-state index in [1.54, 1.807) is 0 Å². The quantitative estimate of drug-likeness (QED) is 0.827. The fourth-order valence-corrected chi connectivity index (χ4v) is 1.75. The van der Waals surface area contributed by atoms with E-state index >= 15 is 0 Å². The lowest BCUT2D eigenvalue weighted by Crippen LogP contribution is -2.38. The highest BCUT2D eigenvalue weighted by Gasteiger charge is 2.17. The standard InChI is InChI=1S/C13H22N2O/c1-5-15(10-13(3,4)16)9-12-7-6-8-14-11(12)2/h6-8,16H,5,9-10H2,1-4H3. The molecule has 0 saturated heterocycles. The van der Waals surface area contributed by atoms with Gasteiger partial charge in [-0.15, -0.1) is 0 Å². The van der Waals surface area contributed by atoms with Gasteiger partial charge in [-0.05, 0) is 38.9 Å². The zero-order valence-electron chi connectivity index (χ0n) is 10.7. The Kier molecular flexibility index (Phi) is 4.44. The average molecular weight is 222 g/mol. The average Bonchev–Trinajstić information content (AvgIpc) is 2.18. The number of aliphatic hydroxyl groups is 1. The van der Waals surface area contributed by atoms with Crippen molar-refractivity contribution in [1.82, 2.24) is 9.88 Å². The third kappa shape index (κ3) is 4.29. The molecule has 1 rings (SSSR count). The van der Waals surface area contributed by atoms with E-state index in [9.17, 15) is 5.11 Å². The van der Waals surface area contributed by atoms with Crippen molar-refractivity contribution >= 4 is 0 Å². The largest absolute Gasteiger partial charge is 0.389 e. The molecule has 0 aliphatic carbocycles. The van der Waals surface area contributed by atoms with Gasteiger partial charge in [-0.3, -0.25) is 9.88 Å². The fraction of sp³-hybridized carbons (Fsp3) is 0.615. The lowest BCUT2D eigenvalue weighted by atomic mass is 10.1. The van der Waals surface area contributed by atoms with Crippen LogP contribution in [0, 0.1) is 6.92 Å². The third-order valence-corrected chi connectivity index (χ3v) is 2.57. The van der Waals surface area contributed by atoms with Gasteiger partial charge in [-0.25, -0.2) is 0 Å². The van der Waals surface area contributed by atoms with Crippen LogP contribution in [-0.4, -0.2) is 33.7 Å². The summed E-state index contributed by atoms with van der Waals surface area (Å²) in [4.78, 5) is 6.50. The zero-order valence-corrected chi connectivity index (χ0v) is 10.7. The van der Waals surface area contributed by atoms with Crippen molar-refractivity contribution in [2.45, 2.75) is 39.8 Å². The van der Waals surface area contributed by atoms with Gasteiger partial charge >= 0.3 is 0 Å². The highest BCUT2D eigenvalue weighted by Crippen LogP contribution is 2.11. The van der Waals surface area contributed by atoms with Crippen molar-refractivity contribution in [2.24, 2.45) is 0 Å². The molecule has 0 amide bonds. The fourth-order valence-electron chi connectivity index (χ4n) is 1.75. The van der Waals surface area contributed by atoms with Gasteiger partial charge in [0.2, 0.25) is 0 Å². The van der Waals surface area contributed by atoms with Gasteiger partial charge in [0.15, 0.2) is 0 Å². The number of likely N-dealkylation sites (N-methyl/N-ethyl adjacent to an activating group) is 1. The molecule has 1 aromatic heterocycles. The van der Waals surface area contributed by atoms with E-state index in [2.05, 4.69) is 22.9 Å². The summed E-state index contributed by atoms with van der Waals surface area (Å²) in [6.07, 6.45) is 1.81. The van der Waals surface area contributed by atoms with Crippen LogP contribution in [0.3, 0.4) is 0 Å². The molecule has 0 spiro atoms. The van der Waals surface area contributed by atoms with E-state index in [1.807, 2.05) is 33.0 Å². The maximum Gasteiger partial charge on any atom is 0.0718 e. The summed E-state index contributed by atoms with van der Waals surface area (Å²) in [7, 11) is 0. The van der Waals surface area contributed by atoms with Crippen molar-refractivity contribution in [1.29, 1.82) is 0 Å². The Balaban J connectivity index is 2.67. The number of aryl methyl sites for hydroxylation is 1. The Bertz CT molecular complexity index is 331. The predicted octanol–water partition coefficient (Wildman–Crippen LogP) is 1.98. The lowest BCUT2D eigenvalue weighted by molar-refractivity contribution is 0.0352. The lowest BCUT2D eigenvalue weighted by Gasteiger charge is -2.28. The molecule has 0 atom stereocenters. The first-order chi connectivity index (χ1) is 7.42. The molecular weight excluding hydrogens is 200 g/mol. The third-order valence-electron chi connectivity index (χ3n) is 2.57. The normalized spacial score (nSPS) is 12.1. The first-order valence-electron chi connectivity index (χ1n) is 5.77. The molecule has 1 aromatic rings. The van der Waals surface area contributed by atoms with Gasteiger partial charge in [0.1, 0.15) is 0 Å². The summed E-state index contributed by atoms with van der Waals surface area (Å²) in [5, 5.41) is 9.81. The van der Waals surface area contributed by atoms with Crippen LogP contribution in [-0.2, 0) is 6.54 Å². The van der Waals surface area contributed by atoms with Crippen LogP contribution in [0.15, 0.2) is 18.3 Å². The van der Waals surface area contributed by atoms with Crippen LogP contribution >= 0.6 is 0 Å². The van der Waals surface area contributed by atoms with Gasteiger partial charge in [-0.1, -0.05) is 13.0 Å². The molecule has 0 fully saturated rings. The number of hydrogen-bond acceptors (Lipinski definition) is 3. The number of hydrogen-bond donors (Lipinski definition) is 1. The van der Waals surface area contributed by atoms with Gasteiger partial charge < -0.3 is 5.11 Å². The molecule has 0 aliphatic rings. The maximum absolute atomic E-state index is 9.81. The van der Waals surface area contributed by atoms with Crippen molar-refractivity contribution < 1.29 is 5.11 Å². The Hall–Kier alpha value is -0.930. The second-order valence-electron chi connectivity index (χ2n) is 4.86. The van der Waals surface area contributed by atoms with Crippen LogP contribution < -0.4 is 0 Å². The van der Waals surface area contributed by atoms with Crippen LogP contribution in [0.1, 0.15) is 32.0 Å². The van der Waals surface area contributed by atoms with Crippen molar-refractivity contribution in [3.63, 3.8) is 0 Å². The van der Waals surface area contributed by atoms with E-state index in [4.69, 9.17) is 0 Å². The topological polar surface area (TPSA) is 36.4 Å². The van der Waals surface area contributed by atoms with Crippen LogP contribution in [0.4, 0.5) is 0 Å². The Morgan fingerprint density at radius 1 is 1.44 bits per heavy atom. The van der Waals surface area contributed by atoms with Crippen molar-refractivity contribution in [3.05, 3.63) is 29.6 Å². The van der Waals surface area contributed by atoms with Crippen molar-refractivity contribution in [3.8, 4) is 0 Å². The van der Waals surface area contributed by atoms with Gasteiger partial charge in [0, 0.05) is 25.0 Å². The van der Waals surface area contributed by atoms with E-state index < -0.39 is 5.60 Å². The first kappa shape index (κ1) is 13.1. The molecule has 0 saturated carbocycles. The van der Waals surface area contributed by atoms with Gasteiger partial charge in [-0.2, -0.15) is 0 Å². The minimum atomic E-state index is -0.647. The second kappa shape index (κ2) is 5.41. The monoisotopic (exact) mass is 222 g/mol. The van der Waals surface area contributed by atoms with Gasteiger partial charge in [0.25, 0.3) is 0 Å². The minimum Gasteiger partial charge on any atom is -0.389 e. The molecule has 90 valence electrons. The summed E-state index contributed by atoms with van der Waals surface area (Å²) in [6, 6.07) is 4.05. The number of aromatic nitrogens is 1. The Labute approximate surface area is 98.1 Å². The molecule has 0 aromatic carbocycles. The molecule has 3 nitrogen and oxygen atoms in total. The van der Waals surface area contributed by atoms with Crippen LogP contribution in [0.25, 0.3) is 0 Å². The summed E-state index contributed by atoms with van der Waals surface area (Å²) in [5.74, 6) is 0. The van der Waals surface area contributed by atoms with E-state index in [0.717, 1.165) is 18.8 Å². The molecule has 1 N–H and O–H groups in total. The molecule has 0 bridgehead atoms. The second-order valence-corrected chi connectivity index (χ2v) is 4.86. The molecular formula is C13H22N2O. The van der Waals surface area contributed by atoms with Crippen LogP contribution in [0.5, 0.6) is 0 Å². The van der Waals surface area contributed by atoms with Crippen molar-refractivity contribution in [2.75, 3.05) is 13.1 Å². The summed E-state index contributed by atoms with van der Waals surface area (Å²) >= 11 is 0. The Morgan fingerprint density at radius 2 is 2.12 bits per heavy atom. The number of nitrogens with zero attached hydrogens (tertiary/aromatic N) is 2. The number of pyridine rings is 1. The molecule has 1 heterocycles. The molecule has 16 heavy (non-hydrogen) atoms. The minimum absolute atomic E-state index is 0.647. The zero-order chi connectivity index (χ0) is 12.2. The first-order valence-corrected chi connectivity index (χ1v) is 5.77. The summed E-state index contributed by atoms with van der Waals surface area (Å²) in [6.45, 7) is 10.3. The number of rotatable bonds is 5.